The minimum atomic E-state index is -0.758. The molecule has 2 aromatic rings. The number of benzene rings is 1. The van der Waals surface area contributed by atoms with E-state index in [0.717, 1.165) is 0 Å². The lowest BCUT2D eigenvalue weighted by molar-refractivity contribution is 0.0531. The van der Waals surface area contributed by atoms with Crippen LogP contribution in [0.5, 0.6) is 0 Å². The minimum absolute atomic E-state index is 0.133. The maximum atomic E-state index is 12.8. The van der Waals surface area contributed by atoms with Crippen LogP contribution in [0.2, 0.25) is 0 Å². The maximum absolute atomic E-state index is 12.8. The summed E-state index contributed by atoms with van der Waals surface area (Å²) in [6.45, 7) is 1.00. The average Bonchev–Trinajstić information content (AvgIpc) is 2.97. The Balaban J connectivity index is 1.77. The molecule has 1 heterocycles. The monoisotopic (exact) mass is 386 g/mol. The molecule has 1 atom stereocenters. The number of aromatic nitrogens is 1. The molecule has 28 heavy (non-hydrogen) atoms. The van der Waals surface area contributed by atoms with Crippen molar-refractivity contribution >= 4 is 16.7 Å². The summed E-state index contributed by atoms with van der Waals surface area (Å²) in [7, 11) is 1.51. The first kappa shape index (κ1) is 20.6. The quantitative estimate of drug-likeness (QED) is 0.717. The first-order chi connectivity index (χ1) is 13.6. The molecular formula is C22H30N2O4. The lowest BCUT2D eigenvalue weighted by atomic mass is 10.00. The van der Waals surface area contributed by atoms with Crippen molar-refractivity contribution < 1.29 is 14.6 Å². The molecule has 1 fully saturated rings. The highest BCUT2D eigenvalue weighted by atomic mass is 16.5. The molecule has 3 rings (SSSR count). The van der Waals surface area contributed by atoms with Gasteiger partial charge in [-0.15, -0.1) is 0 Å². The summed E-state index contributed by atoms with van der Waals surface area (Å²) in [6.07, 6.45) is 8.27. The fourth-order valence-electron chi connectivity index (χ4n) is 4.03. The molecule has 2 N–H and O–H groups in total. The molecule has 6 nitrogen and oxygen atoms in total. The summed E-state index contributed by atoms with van der Waals surface area (Å²) in [4.78, 5) is 25.5. The summed E-state index contributed by atoms with van der Waals surface area (Å²) in [5.41, 5.74) is 0.305. The van der Waals surface area contributed by atoms with E-state index in [9.17, 15) is 14.7 Å². The van der Waals surface area contributed by atoms with E-state index in [1.807, 2.05) is 0 Å². The predicted molar refractivity (Wildman–Crippen MR) is 110 cm³/mol. The number of hydrogen-bond acceptors (Lipinski definition) is 4. The van der Waals surface area contributed by atoms with E-state index in [1.165, 1.54) is 50.2 Å². The standard InChI is InChI=1S/C22H30N2O4/c1-28-15-17(25)14-24-12-11-18-19(9-6-10-20(18)22(24)27)21(26)23-13-16-7-4-2-3-5-8-16/h6,9-12,16-17,25H,2-5,7-8,13-15H2,1H3,(H,23,26). The van der Waals surface area contributed by atoms with Crippen LogP contribution in [0.15, 0.2) is 35.3 Å². The Morgan fingerprint density at radius 3 is 2.68 bits per heavy atom. The lowest BCUT2D eigenvalue weighted by Crippen LogP contribution is -2.31. The molecule has 1 amide bonds. The first-order valence-electron chi connectivity index (χ1n) is 10.2. The number of ether oxygens (including phenoxy) is 1. The Labute approximate surface area is 165 Å². The van der Waals surface area contributed by atoms with Crippen LogP contribution in [-0.4, -0.2) is 41.9 Å². The van der Waals surface area contributed by atoms with Crippen molar-refractivity contribution in [3.8, 4) is 0 Å². The number of fused-ring (bicyclic) bond motifs is 1. The second kappa shape index (κ2) is 9.85. The Hall–Kier alpha value is -2.18. The number of methoxy groups -OCH3 is 1. The topological polar surface area (TPSA) is 80.6 Å². The van der Waals surface area contributed by atoms with E-state index in [1.54, 1.807) is 30.5 Å². The summed E-state index contributed by atoms with van der Waals surface area (Å²) in [6, 6.07) is 6.99. The fraction of sp³-hybridized carbons (Fsp3) is 0.545. The maximum Gasteiger partial charge on any atom is 0.258 e. The Morgan fingerprint density at radius 2 is 1.96 bits per heavy atom. The molecule has 0 aliphatic heterocycles. The Kier molecular flexibility index (Phi) is 7.23. The molecule has 0 saturated heterocycles. The van der Waals surface area contributed by atoms with Gasteiger partial charge in [0.1, 0.15) is 0 Å². The highest BCUT2D eigenvalue weighted by Gasteiger charge is 2.17. The second-order valence-electron chi connectivity index (χ2n) is 7.72. The van der Waals surface area contributed by atoms with Crippen LogP contribution in [0.4, 0.5) is 0 Å². The summed E-state index contributed by atoms with van der Waals surface area (Å²) >= 11 is 0. The SMILES string of the molecule is COCC(O)Cn1ccc2c(C(=O)NCC3CCCCCC3)cccc2c1=O. The number of pyridine rings is 1. The zero-order valence-electron chi connectivity index (χ0n) is 16.5. The van der Waals surface area contributed by atoms with E-state index < -0.39 is 6.10 Å². The van der Waals surface area contributed by atoms with Crippen molar-refractivity contribution in [1.29, 1.82) is 0 Å². The Bertz CT molecular complexity index is 853. The molecule has 1 saturated carbocycles. The van der Waals surface area contributed by atoms with E-state index in [-0.39, 0.29) is 24.6 Å². The van der Waals surface area contributed by atoms with Gasteiger partial charge in [-0.3, -0.25) is 9.59 Å². The van der Waals surface area contributed by atoms with Gasteiger partial charge in [0.2, 0.25) is 0 Å². The number of hydrogen-bond donors (Lipinski definition) is 2. The van der Waals surface area contributed by atoms with E-state index in [0.29, 0.717) is 28.8 Å². The molecule has 0 radical (unpaired) electrons. The van der Waals surface area contributed by atoms with Crippen LogP contribution >= 0.6 is 0 Å². The molecule has 152 valence electrons. The molecule has 0 bridgehead atoms. The number of aliphatic hydroxyl groups excluding tert-OH is 1. The third-order valence-corrected chi connectivity index (χ3v) is 5.56. The van der Waals surface area contributed by atoms with Gasteiger partial charge in [0.25, 0.3) is 11.5 Å². The van der Waals surface area contributed by atoms with Crippen LogP contribution in [-0.2, 0) is 11.3 Å². The van der Waals surface area contributed by atoms with Crippen LogP contribution in [0, 0.1) is 5.92 Å². The largest absolute Gasteiger partial charge is 0.389 e. The third kappa shape index (κ3) is 5.00. The molecule has 1 aliphatic carbocycles. The van der Waals surface area contributed by atoms with Gasteiger partial charge in [-0.25, -0.2) is 0 Å². The number of carbonyl (C=O) groups excluding carboxylic acids is 1. The number of aliphatic hydroxyl groups is 1. The van der Waals surface area contributed by atoms with Gasteiger partial charge in [0, 0.05) is 36.2 Å². The van der Waals surface area contributed by atoms with Crippen molar-refractivity contribution in [2.24, 2.45) is 5.92 Å². The van der Waals surface area contributed by atoms with E-state index in [4.69, 9.17) is 4.74 Å². The van der Waals surface area contributed by atoms with Crippen LogP contribution in [0.3, 0.4) is 0 Å². The average molecular weight is 386 g/mol. The zero-order chi connectivity index (χ0) is 19.9. The zero-order valence-corrected chi connectivity index (χ0v) is 16.5. The fourth-order valence-corrected chi connectivity index (χ4v) is 4.03. The van der Waals surface area contributed by atoms with Gasteiger partial charge < -0.3 is 19.7 Å². The smallest absolute Gasteiger partial charge is 0.258 e. The van der Waals surface area contributed by atoms with Gasteiger partial charge in [-0.05, 0) is 37.0 Å². The van der Waals surface area contributed by atoms with Gasteiger partial charge in [0.05, 0.1) is 19.3 Å². The molecule has 1 aromatic carbocycles. The van der Waals surface area contributed by atoms with Gasteiger partial charge in [0.15, 0.2) is 0 Å². The summed E-state index contributed by atoms with van der Waals surface area (Å²) in [5, 5.41) is 14.1. The van der Waals surface area contributed by atoms with E-state index in [2.05, 4.69) is 5.32 Å². The molecule has 1 aliphatic rings. The summed E-state index contributed by atoms with van der Waals surface area (Å²) < 4.78 is 6.38. The normalized spacial score (nSPS) is 16.6. The van der Waals surface area contributed by atoms with Crippen molar-refractivity contribution in [3.63, 3.8) is 0 Å². The van der Waals surface area contributed by atoms with Crippen LogP contribution in [0.1, 0.15) is 48.9 Å². The predicted octanol–water partition coefficient (Wildman–Crippen LogP) is 2.71. The van der Waals surface area contributed by atoms with Crippen LogP contribution in [0.25, 0.3) is 10.8 Å². The summed E-state index contributed by atoms with van der Waals surface area (Å²) in [5.74, 6) is 0.410. The number of carbonyl (C=O) groups is 1. The molecule has 6 heteroatoms. The first-order valence-corrected chi connectivity index (χ1v) is 10.2. The van der Waals surface area contributed by atoms with Gasteiger partial charge in [-0.2, -0.15) is 0 Å². The Morgan fingerprint density at radius 1 is 1.21 bits per heavy atom. The molecule has 0 spiro atoms. The second-order valence-corrected chi connectivity index (χ2v) is 7.72. The highest BCUT2D eigenvalue weighted by Crippen LogP contribution is 2.22. The molecular weight excluding hydrogens is 356 g/mol. The number of nitrogens with zero attached hydrogens (tertiary/aromatic N) is 1. The lowest BCUT2D eigenvalue weighted by Gasteiger charge is -2.16. The molecule has 1 unspecified atom stereocenters. The van der Waals surface area contributed by atoms with E-state index >= 15 is 0 Å². The van der Waals surface area contributed by atoms with Crippen molar-refractivity contribution in [2.45, 2.75) is 51.2 Å². The van der Waals surface area contributed by atoms with Crippen molar-refractivity contribution in [3.05, 3.63) is 46.4 Å². The van der Waals surface area contributed by atoms with Crippen molar-refractivity contribution in [2.75, 3.05) is 20.3 Å². The van der Waals surface area contributed by atoms with Gasteiger partial charge in [-0.1, -0.05) is 31.7 Å². The van der Waals surface area contributed by atoms with Crippen molar-refractivity contribution in [1.82, 2.24) is 9.88 Å². The number of nitrogens with one attached hydrogen (secondary N) is 1. The number of rotatable bonds is 7. The third-order valence-electron chi connectivity index (χ3n) is 5.56. The molecule has 1 aromatic heterocycles. The number of amides is 1. The highest BCUT2D eigenvalue weighted by molar-refractivity contribution is 6.06. The minimum Gasteiger partial charge on any atom is -0.389 e. The van der Waals surface area contributed by atoms with Crippen LogP contribution < -0.4 is 10.9 Å². The van der Waals surface area contributed by atoms with Gasteiger partial charge >= 0.3 is 0 Å².